The summed E-state index contributed by atoms with van der Waals surface area (Å²) in [6.07, 6.45) is 1.94. The van der Waals surface area contributed by atoms with Crippen molar-refractivity contribution in [2.45, 2.75) is 19.9 Å². The number of imidazole rings is 1. The second kappa shape index (κ2) is 7.65. The second-order valence-corrected chi connectivity index (χ2v) is 5.39. The molecule has 2 aromatic heterocycles. The van der Waals surface area contributed by atoms with Crippen LogP contribution < -0.4 is 5.32 Å². The van der Waals surface area contributed by atoms with Gasteiger partial charge in [0, 0.05) is 13.0 Å². The number of carbonyl (C=O) groups excluding carboxylic acids is 2. The molecule has 1 amide bonds. The Morgan fingerprint density at radius 2 is 2.08 bits per heavy atom. The number of carbonyl (C=O) groups is 2. The predicted molar refractivity (Wildman–Crippen MR) is 91.1 cm³/mol. The maximum Gasteiger partial charge on any atom is 0.326 e. The number of rotatable bonds is 7. The molecular formula is C18H19N3O4. The number of hydrogen-bond acceptors (Lipinski definition) is 5. The molecule has 0 bridgehead atoms. The number of furan rings is 1. The van der Waals surface area contributed by atoms with Gasteiger partial charge in [-0.1, -0.05) is 12.1 Å². The van der Waals surface area contributed by atoms with Gasteiger partial charge in [0.1, 0.15) is 12.4 Å². The summed E-state index contributed by atoms with van der Waals surface area (Å²) >= 11 is 0. The van der Waals surface area contributed by atoms with Gasteiger partial charge in [-0.15, -0.1) is 0 Å². The van der Waals surface area contributed by atoms with E-state index in [1.807, 2.05) is 28.8 Å². The number of nitrogens with zero attached hydrogens (tertiary/aromatic N) is 2. The highest BCUT2D eigenvalue weighted by atomic mass is 16.5. The maximum atomic E-state index is 11.9. The molecule has 0 saturated carbocycles. The Hall–Kier alpha value is -3.09. The Kier molecular flexibility index (Phi) is 5.13. The van der Waals surface area contributed by atoms with Gasteiger partial charge in [0.15, 0.2) is 5.76 Å². The first-order valence-electron chi connectivity index (χ1n) is 8.10. The number of aromatic nitrogens is 2. The highest BCUT2D eigenvalue weighted by Crippen LogP contribution is 2.16. The van der Waals surface area contributed by atoms with E-state index in [4.69, 9.17) is 9.15 Å². The van der Waals surface area contributed by atoms with E-state index in [-0.39, 0.29) is 24.2 Å². The van der Waals surface area contributed by atoms with Crippen LogP contribution in [0.4, 0.5) is 0 Å². The molecule has 0 aliphatic heterocycles. The third kappa shape index (κ3) is 3.88. The molecule has 0 spiro atoms. The van der Waals surface area contributed by atoms with Gasteiger partial charge in [-0.25, -0.2) is 4.98 Å². The molecule has 0 aliphatic rings. The van der Waals surface area contributed by atoms with Gasteiger partial charge in [-0.2, -0.15) is 0 Å². The zero-order valence-electron chi connectivity index (χ0n) is 13.9. The van der Waals surface area contributed by atoms with Crippen molar-refractivity contribution in [3.05, 3.63) is 54.2 Å². The minimum Gasteiger partial charge on any atom is -0.465 e. The van der Waals surface area contributed by atoms with Crippen LogP contribution in [-0.4, -0.2) is 34.6 Å². The largest absolute Gasteiger partial charge is 0.465 e. The van der Waals surface area contributed by atoms with Gasteiger partial charge in [-0.3, -0.25) is 9.59 Å². The van der Waals surface area contributed by atoms with Crippen LogP contribution >= 0.6 is 0 Å². The van der Waals surface area contributed by atoms with Crippen molar-refractivity contribution in [1.29, 1.82) is 0 Å². The lowest BCUT2D eigenvalue weighted by Crippen LogP contribution is -2.26. The summed E-state index contributed by atoms with van der Waals surface area (Å²) in [5.41, 5.74) is 1.67. The molecule has 1 N–H and O–H groups in total. The molecule has 7 heteroatoms. The SMILES string of the molecule is CCOC(=O)Cn1c(CCNC(=O)c2ccco2)nc2ccccc21. The lowest BCUT2D eigenvalue weighted by molar-refractivity contribution is -0.143. The van der Waals surface area contributed by atoms with Crippen molar-refractivity contribution >= 4 is 22.9 Å². The average molecular weight is 341 g/mol. The molecule has 0 radical (unpaired) electrons. The molecule has 0 aliphatic carbocycles. The fraction of sp³-hybridized carbons (Fsp3) is 0.278. The van der Waals surface area contributed by atoms with E-state index in [1.165, 1.54) is 6.26 Å². The van der Waals surface area contributed by atoms with Crippen LogP contribution in [0, 0.1) is 0 Å². The Balaban J connectivity index is 1.73. The zero-order valence-corrected chi connectivity index (χ0v) is 13.9. The van der Waals surface area contributed by atoms with Gasteiger partial charge in [0.05, 0.1) is 23.9 Å². The Bertz CT molecular complexity index is 868. The second-order valence-electron chi connectivity index (χ2n) is 5.39. The van der Waals surface area contributed by atoms with Gasteiger partial charge >= 0.3 is 5.97 Å². The van der Waals surface area contributed by atoms with E-state index in [0.717, 1.165) is 11.0 Å². The van der Waals surface area contributed by atoms with Gasteiger partial charge < -0.3 is 19.0 Å². The monoisotopic (exact) mass is 341 g/mol. The first kappa shape index (κ1) is 16.8. The highest BCUT2D eigenvalue weighted by molar-refractivity contribution is 5.91. The van der Waals surface area contributed by atoms with Crippen LogP contribution in [0.1, 0.15) is 23.3 Å². The first-order valence-corrected chi connectivity index (χ1v) is 8.10. The smallest absolute Gasteiger partial charge is 0.326 e. The Morgan fingerprint density at radius 1 is 1.24 bits per heavy atom. The molecule has 7 nitrogen and oxygen atoms in total. The third-order valence-corrected chi connectivity index (χ3v) is 3.71. The molecule has 3 aromatic rings. The van der Waals surface area contributed by atoms with Gasteiger partial charge in [-0.05, 0) is 31.2 Å². The molecule has 25 heavy (non-hydrogen) atoms. The van der Waals surface area contributed by atoms with E-state index >= 15 is 0 Å². The van der Waals surface area contributed by atoms with Crippen molar-refractivity contribution in [2.24, 2.45) is 0 Å². The number of benzene rings is 1. The minimum atomic E-state index is -0.313. The van der Waals surface area contributed by atoms with E-state index in [1.54, 1.807) is 19.1 Å². The van der Waals surface area contributed by atoms with Gasteiger partial charge in [0.2, 0.25) is 0 Å². The van der Waals surface area contributed by atoms with E-state index in [2.05, 4.69) is 10.3 Å². The minimum absolute atomic E-state index is 0.0931. The lowest BCUT2D eigenvalue weighted by atomic mass is 10.3. The summed E-state index contributed by atoms with van der Waals surface area (Å²) in [6, 6.07) is 10.9. The molecule has 130 valence electrons. The normalized spacial score (nSPS) is 10.8. The molecule has 0 unspecified atom stereocenters. The number of para-hydroxylation sites is 2. The summed E-state index contributed by atoms with van der Waals surface area (Å²) in [5, 5.41) is 2.78. The molecule has 1 aromatic carbocycles. The summed E-state index contributed by atoms with van der Waals surface area (Å²) < 4.78 is 11.9. The Morgan fingerprint density at radius 3 is 2.84 bits per heavy atom. The molecule has 0 fully saturated rings. The maximum absolute atomic E-state index is 11.9. The van der Waals surface area contributed by atoms with Gasteiger partial charge in [0.25, 0.3) is 5.91 Å². The van der Waals surface area contributed by atoms with Crippen LogP contribution in [0.3, 0.4) is 0 Å². The highest BCUT2D eigenvalue weighted by Gasteiger charge is 2.15. The molecule has 2 heterocycles. The number of esters is 1. The lowest BCUT2D eigenvalue weighted by Gasteiger charge is -2.09. The topological polar surface area (TPSA) is 86.4 Å². The summed E-state index contributed by atoms with van der Waals surface area (Å²) in [5.74, 6) is 0.388. The zero-order chi connectivity index (χ0) is 17.6. The van der Waals surface area contributed by atoms with Crippen molar-refractivity contribution in [2.75, 3.05) is 13.2 Å². The number of fused-ring (bicyclic) bond motifs is 1. The number of ether oxygens (including phenoxy) is 1. The third-order valence-electron chi connectivity index (χ3n) is 3.71. The van der Waals surface area contributed by atoms with Crippen molar-refractivity contribution < 1.29 is 18.7 Å². The van der Waals surface area contributed by atoms with Crippen LogP contribution in [0.25, 0.3) is 11.0 Å². The summed E-state index contributed by atoms with van der Waals surface area (Å²) in [6.45, 7) is 2.58. The quantitative estimate of drug-likeness (QED) is 0.666. The summed E-state index contributed by atoms with van der Waals surface area (Å²) in [4.78, 5) is 28.4. The van der Waals surface area contributed by atoms with E-state index < -0.39 is 0 Å². The Labute approximate surface area is 144 Å². The fourth-order valence-electron chi connectivity index (χ4n) is 2.61. The van der Waals surface area contributed by atoms with E-state index in [0.29, 0.717) is 25.4 Å². The number of hydrogen-bond donors (Lipinski definition) is 1. The van der Waals surface area contributed by atoms with Crippen LogP contribution in [0.2, 0.25) is 0 Å². The van der Waals surface area contributed by atoms with Crippen LogP contribution in [0.15, 0.2) is 47.1 Å². The van der Waals surface area contributed by atoms with Crippen molar-refractivity contribution in [1.82, 2.24) is 14.9 Å². The molecular weight excluding hydrogens is 322 g/mol. The van der Waals surface area contributed by atoms with Crippen molar-refractivity contribution in [3.8, 4) is 0 Å². The first-order chi connectivity index (χ1) is 12.2. The summed E-state index contributed by atoms with van der Waals surface area (Å²) in [7, 11) is 0. The van der Waals surface area contributed by atoms with Crippen LogP contribution in [0.5, 0.6) is 0 Å². The average Bonchev–Trinajstić information content (AvgIpc) is 3.24. The fourth-order valence-corrected chi connectivity index (χ4v) is 2.61. The molecule has 0 atom stereocenters. The van der Waals surface area contributed by atoms with E-state index in [9.17, 15) is 9.59 Å². The number of amides is 1. The van der Waals surface area contributed by atoms with Crippen molar-refractivity contribution in [3.63, 3.8) is 0 Å². The molecule has 3 rings (SSSR count). The molecule has 0 saturated heterocycles. The number of nitrogens with one attached hydrogen (secondary N) is 1. The standard InChI is InChI=1S/C18H19N3O4/c1-2-24-17(22)12-21-14-7-4-3-6-13(14)20-16(21)9-10-19-18(23)15-8-5-11-25-15/h3-8,11H,2,9-10,12H2,1H3,(H,19,23). The van der Waals surface area contributed by atoms with Crippen LogP contribution in [-0.2, 0) is 22.5 Å². The predicted octanol–water partition coefficient (Wildman–Crippen LogP) is 2.16.